The van der Waals surface area contributed by atoms with E-state index in [2.05, 4.69) is 16.8 Å². The van der Waals surface area contributed by atoms with E-state index in [1.807, 2.05) is 36.3 Å². The summed E-state index contributed by atoms with van der Waals surface area (Å²) in [4.78, 5) is 12.5. The molecule has 9 heteroatoms. The summed E-state index contributed by atoms with van der Waals surface area (Å²) >= 11 is 0. The Hall–Kier alpha value is -2.41. The third-order valence-electron chi connectivity index (χ3n) is 6.70. The van der Waals surface area contributed by atoms with Gasteiger partial charge >= 0.3 is 0 Å². The summed E-state index contributed by atoms with van der Waals surface area (Å²) in [7, 11) is 7.30. The van der Waals surface area contributed by atoms with Crippen LogP contribution in [0, 0.1) is 5.92 Å². The van der Waals surface area contributed by atoms with Gasteiger partial charge in [-0.2, -0.15) is 4.39 Å². The van der Waals surface area contributed by atoms with Crippen LogP contribution in [0.5, 0.6) is 11.5 Å². The lowest BCUT2D eigenvalue weighted by atomic mass is 9.86. The lowest BCUT2D eigenvalue weighted by Gasteiger charge is -2.24. The average molecular weight is 613 g/mol. The number of hydrogen-bond donors (Lipinski definition) is 1. The van der Waals surface area contributed by atoms with E-state index in [1.165, 1.54) is 75.6 Å². The van der Waals surface area contributed by atoms with E-state index in [1.54, 1.807) is 19.9 Å². The van der Waals surface area contributed by atoms with Crippen molar-refractivity contribution in [1.29, 1.82) is 0 Å². The standard InChI is InChI=1S/C11H18FN.C9H10FO3P.C8H15N.C5H9F/c1-5-11(8-12)7-6-10(2)9-13(3)4;1-12-8-4-6(5-11)2-3-7(8)13-9(10)14;1-2-4-8-7(3-1)5-6-9-8;1-3-5(6)4-2/h5-6,8H,1,7,9H2,2-4H3;2-5,9H,14H2,1H3;7-9H,1-6H2;3H,4H2,1-2H3/b10-6+,11-8-;;;5-3+. The Morgan fingerprint density at radius 3 is 2.40 bits per heavy atom. The fourth-order valence-corrected chi connectivity index (χ4v) is 4.63. The monoisotopic (exact) mass is 612 g/mol. The second kappa shape index (κ2) is 24.1. The average Bonchev–Trinajstić information content (AvgIpc) is 3.47. The first-order valence-electron chi connectivity index (χ1n) is 14.5. The molecule has 4 unspecified atom stereocenters. The Labute approximate surface area is 254 Å². The molecule has 2 aliphatic rings. The Morgan fingerprint density at radius 1 is 1.24 bits per heavy atom. The molecule has 5 nitrogen and oxygen atoms in total. The van der Waals surface area contributed by atoms with Gasteiger partial charge in [-0.25, -0.2) is 8.78 Å². The number of benzene rings is 1. The molecular formula is C33H52F3N2O3P. The summed E-state index contributed by atoms with van der Waals surface area (Å²) < 4.78 is 46.0. The number of allylic oxidation sites excluding steroid dienone is 5. The molecule has 0 spiro atoms. The van der Waals surface area contributed by atoms with Crippen LogP contribution in [-0.2, 0) is 0 Å². The number of carbonyl (C=O) groups excluding carboxylic acids is 1. The van der Waals surface area contributed by atoms with Crippen LogP contribution in [0.1, 0.15) is 76.1 Å². The highest BCUT2D eigenvalue weighted by Crippen LogP contribution is 2.30. The molecule has 1 saturated heterocycles. The predicted molar refractivity (Wildman–Crippen MR) is 173 cm³/mol. The number of fused-ring (bicyclic) bond motifs is 1. The summed E-state index contributed by atoms with van der Waals surface area (Å²) in [6.45, 7) is 11.2. The van der Waals surface area contributed by atoms with Crippen molar-refractivity contribution in [2.75, 3.05) is 34.3 Å². The molecule has 3 rings (SSSR count). The Kier molecular flexibility index (Phi) is 22.7. The molecule has 4 atom stereocenters. The smallest absolute Gasteiger partial charge is 0.249 e. The van der Waals surface area contributed by atoms with Gasteiger partial charge in [-0.15, -0.1) is 0 Å². The Morgan fingerprint density at radius 2 is 1.93 bits per heavy atom. The van der Waals surface area contributed by atoms with Gasteiger partial charge in [0.1, 0.15) is 6.29 Å². The van der Waals surface area contributed by atoms with Crippen molar-refractivity contribution in [3.05, 3.63) is 71.9 Å². The van der Waals surface area contributed by atoms with Crippen LogP contribution in [0.2, 0.25) is 0 Å². The molecule has 0 amide bonds. The highest BCUT2D eigenvalue weighted by atomic mass is 31.0. The van der Waals surface area contributed by atoms with E-state index < -0.39 is 6.10 Å². The minimum atomic E-state index is -1.49. The van der Waals surface area contributed by atoms with Crippen LogP contribution < -0.4 is 14.8 Å². The van der Waals surface area contributed by atoms with Crippen molar-refractivity contribution in [2.24, 2.45) is 5.92 Å². The Balaban J connectivity index is 0.000000556. The van der Waals surface area contributed by atoms with Crippen LogP contribution in [-0.4, -0.2) is 57.6 Å². The molecule has 1 aromatic rings. The van der Waals surface area contributed by atoms with Gasteiger partial charge in [-0.05, 0) is 96.3 Å². The van der Waals surface area contributed by atoms with E-state index in [4.69, 9.17) is 9.47 Å². The van der Waals surface area contributed by atoms with Gasteiger partial charge in [0.05, 0.1) is 19.3 Å². The summed E-state index contributed by atoms with van der Waals surface area (Å²) in [5, 5.41) is 3.56. The second-order valence-electron chi connectivity index (χ2n) is 10.4. The minimum absolute atomic E-state index is 0.0324. The highest BCUT2D eigenvalue weighted by Gasteiger charge is 2.28. The van der Waals surface area contributed by atoms with Gasteiger partial charge in [-0.3, -0.25) is 4.79 Å². The second-order valence-corrected chi connectivity index (χ2v) is 10.9. The highest BCUT2D eigenvalue weighted by molar-refractivity contribution is 7.16. The topological polar surface area (TPSA) is 50.8 Å². The van der Waals surface area contributed by atoms with Gasteiger partial charge < -0.3 is 19.7 Å². The zero-order valence-corrected chi connectivity index (χ0v) is 27.5. The first-order chi connectivity index (χ1) is 20.0. The molecule has 1 N–H and O–H groups in total. The third kappa shape index (κ3) is 18.2. The SMILES string of the molecule is C/C=C(/F)CC.C1CCC2NCCC2C1.C=C/C(=C/F)C/C=C(\C)CN(C)C.COc1cc(C=O)ccc1OC(F)P. The van der Waals surface area contributed by atoms with Crippen LogP contribution in [0.4, 0.5) is 13.2 Å². The molecule has 42 heavy (non-hydrogen) atoms. The third-order valence-corrected chi connectivity index (χ3v) is 6.84. The van der Waals surface area contributed by atoms with E-state index in [9.17, 15) is 18.0 Å². The maximum atomic E-state index is 12.5. The normalized spacial score (nSPS) is 19.1. The molecule has 0 aromatic heterocycles. The van der Waals surface area contributed by atoms with E-state index in [0.717, 1.165) is 18.5 Å². The lowest BCUT2D eigenvalue weighted by Crippen LogP contribution is -2.29. The molecule has 0 radical (unpaired) electrons. The van der Waals surface area contributed by atoms with Gasteiger partial charge in [0, 0.05) is 18.2 Å². The molecule has 1 aliphatic carbocycles. The lowest BCUT2D eigenvalue weighted by molar-refractivity contribution is 0.112. The first-order valence-corrected chi connectivity index (χ1v) is 15.2. The quantitative estimate of drug-likeness (QED) is 0.124. The number of hydrogen-bond acceptors (Lipinski definition) is 5. The molecule has 1 heterocycles. The van der Waals surface area contributed by atoms with Crippen molar-refractivity contribution in [1.82, 2.24) is 10.2 Å². The van der Waals surface area contributed by atoms with Crippen LogP contribution in [0.3, 0.4) is 0 Å². The van der Waals surface area contributed by atoms with Crippen molar-refractivity contribution >= 4 is 15.5 Å². The number of rotatable bonds is 10. The van der Waals surface area contributed by atoms with E-state index in [0.29, 0.717) is 42.3 Å². The molecule has 1 saturated carbocycles. The molecule has 1 aliphatic heterocycles. The number of aldehydes is 1. The largest absolute Gasteiger partial charge is 0.493 e. The van der Waals surface area contributed by atoms with E-state index in [-0.39, 0.29) is 11.6 Å². The fraction of sp³-hybridized carbons (Fsp3) is 0.545. The number of halogens is 3. The zero-order valence-electron chi connectivity index (χ0n) is 26.3. The van der Waals surface area contributed by atoms with Gasteiger partial charge in [-0.1, -0.05) is 59.4 Å². The first kappa shape index (κ1) is 39.6. The van der Waals surface area contributed by atoms with E-state index >= 15 is 0 Å². The van der Waals surface area contributed by atoms with Crippen LogP contribution >= 0.6 is 9.24 Å². The maximum absolute atomic E-state index is 12.5. The number of likely N-dealkylation sites (N-methyl/N-ethyl adjacent to an activating group) is 1. The molecule has 0 bridgehead atoms. The molecule has 2 fully saturated rings. The summed E-state index contributed by atoms with van der Waals surface area (Å²) in [5.74, 6) is 1.62. The van der Waals surface area contributed by atoms with Gasteiger partial charge in [0.15, 0.2) is 11.5 Å². The summed E-state index contributed by atoms with van der Waals surface area (Å²) in [6, 6.07) is 5.41. The van der Waals surface area contributed by atoms with Gasteiger partial charge in [0.25, 0.3) is 0 Å². The zero-order chi connectivity index (χ0) is 31.9. The summed E-state index contributed by atoms with van der Waals surface area (Å²) in [6.07, 6.45) is 13.3. The minimum Gasteiger partial charge on any atom is -0.493 e. The van der Waals surface area contributed by atoms with Gasteiger partial charge in [0.2, 0.25) is 6.10 Å². The number of alkyl halides is 1. The number of methoxy groups -OCH3 is 1. The van der Waals surface area contributed by atoms with Crippen molar-refractivity contribution in [3.8, 4) is 11.5 Å². The number of carbonyl (C=O) groups is 1. The maximum Gasteiger partial charge on any atom is 0.249 e. The van der Waals surface area contributed by atoms with Crippen LogP contribution in [0.25, 0.3) is 0 Å². The molecular weight excluding hydrogens is 560 g/mol. The molecule has 238 valence electrons. The number of nitrogens with zero attached hydrogens (tertiary/aromatic N) is 1. The molecule has 1 aromatic carbocycles. The summed E-state index contributed by atoms with van der Waals surface area (Å²) in [5.41, 5.74) is 2.32. The predicted octanol–water partition coefficient (Wildman–Crippen LogP) is 8.75. The van der Waals surface area contributed by atoms with Crippen molar-refractivity contribution in [2.45, 2.75) is 77.9 Å². The van der Waals surface area contributed by atoms with Crippen molar-refractivity contribution < 1.29 is 27.4 Å². The van der Waals surface area contributed by atoms with Crippen molar-refractivity contribution in [3.63, 3.8) is 0 Å². The number of nitrogens with one attached hydrogen (secondary N) is 1. The fourth-order valence-electron chi connectivity index (χ4n) is 4.48. The number of ether oxygens (including phenoxy) is 2. The van der Waals surface area contributed by atoms with Crippen LogP contribution in [0.15, 0.2) is 66.3 Å². The Bertz CT molecular complexity index is 985.